The Hall–Kier alpha value is -2.27. The molecule has 0 bridgehead atoms. The van der Waals surface area contributed by atoms with Gasteiger partial charge in [-0.2, -0.15) is 0 Å². The summed E-state index contributed by atoms with van der Waals surface area (Å²) in [7, 11) is -4.88. The van der Waals surface area contributed by atoms with E-state index in [4.69, 9.17) is 4.84 Å². The Kier molecular flexibility index (Phi) is 6.94. The van der Waals surface area contributed by atoms with Crippen molar-refractivity contribution in [3.8, 4) is 0 Å². The van der Waals surface area contributed by atoms with Crippen LogP contribution in [-0.2, 0) is 24.7 Å². The predicted octanol–water partition coefficient (Wildman–Crippen LogP) is 2.30. The first kappa shape index (κ1) is 22.0. The molecular formula is C18H22N2O6S2. The Morgan fingerprint density at radius 1 is 1.04 bits per heavy atom. The van der Waals surface area contributed by atoms with Crippen molar-refractivity contribution in [1.29, 1.82) is 0 Å². The van der Waals surface area contributed by atoms with E-state index in [0.717, 1.165) is 4.47 Å². The van der Waals surface area contributed by atoms with Crippen molar-refractivity contribution in [2.45, 2.75) is 23.1 Å². The summed E-state index contributed by atoms with van der Waals surface area (Å²) in [6.45, 7) is 1.75. The Morgan fingerprint density at radius 3 is 2.21 bits per heavy atom. The maximum absolute atomic E-state index is 12.6. The van der Waals surface area contributed by atoms with Gasteiger partial charge < -0.3 is 5.32 Å². The van der Waals surface area contributed by atoms with Crippen LogP contribution in [0.4, 0.5) is 5.69 Å². The lowest BCUT2D eigenvalue weighted by atomic mass is 10.2. The number of hydroxylamine groups is 1. The van der Waals surface area contributed by atoms with Gasteiger partial charge in [-0.05, 0) is 42.8 Å². The second-order valence-electron chi connectivity index (χ2n) is 5.89. The summed E-state index contributed by atoms with van der Waals surface area (Å²) in [5.41, 5.74) is 0.360. The van der Waals surface area contributed by atoms with Gasteiger partial charge in [-0.1, -0.05) is 23.5 Å². The lowest BCUT2D eigenvalue weighted by Gasteiger charge is -2.14. The number of amides is 1. The molecule has 0 unspecified atom stereocenters. The monoisotopic (exact) mass is 426 g/mol. The number of sulfonamides is 1. The smallest absolute Gasteiger partial charge is 0.264 e. The molecule has 0 aliphatic rings. The van der Waals surface area contributed by atoms with E-state index in [0.29, 0.717) is 12.1 Å². The van der Waals surface area contributed by atoms with Crippen LogP contribution in [0.15, 0.2) is 58.3 Å². The Morgan fingerprint density at radius 2 is 1.64 bits per heavy atom. The van der Waals surface area contributed by atoms with E-state index in [1.165, 1.54) is 50.6 Å². The van der Waals surface area contributed by atoms with Gasteiger partial charge in [0.25, 0.3) is 15.9 Å². The highest BCUT2D eigenvalue weighted by atomic mass is 32.2. The van der Waals surface area contributed by atoms with Crippen molar-refractivity contribution < 1.29 is 26.5 Å². The molecule has 10 heteroatoms. The fourth-order valence-electron chi connectivity index (χ4n) is 2.46. The van der Waals surface area contributed by atoms with Crippen LogP contribution in [-0.4, -0.2) is 47.1 Å². The number of benzene rings is 2. The van der Waals surface area contributed by atoms with E-state index < -0.39 is 25.8 Å². The zero-order valence-corrected chi connectivity index (χ0v) is 17.4. The molecule has 0 saturated carbocycles. The summed E-state index contributed by atoms with van der Waals surface area (Å²) >= 11 is 0. The first-order valence-corrected chi connectivity index (χ1v) is 11.5. The van der Waals surface area contributed by atoms with E-state index in [1.807, 2.05) is 0 Å². The fraction of sp³-hybridized carbons (Fsp3) is 0.278. The van der Waals surface area contributed by atoms with Crippen LogP contribution in [0.2, 0.25) is 0 Å². The zero-order valence-electron chi connectivity index (χ0n) is 15.7. The number of hydrogen-bond acceptors (Lipinski definition) is 6. The van der Waals surface area contributed by atoms with E-state index in [1.54, 1.807) is 19.1 Å². The number of sulfone groups is 1. The van der Waals surface area contributed by atoms with Gasteiger partial charge in [0.05, 0.1) is 28.2 Å². The number of nitrogens with zero attached hydrogens (tertiary/aromatic N) is 1. The van der Waals surface area contributed by atoms with Crippen molar-refractivity contribution in [3.05, 3.63) is 54.1 Å². The summed E-state index contributed by atoms with van der Waals surface area (Å²) in [6, 6.07) is 11.4. The van der Waals surface area contributed by atoms with Crippen LogP contribution < -0.4 is 5.32 Å². The predicted molar refractivity (Wildman–Crippen MR) is 105 cm³/mol. The topological polar surface area (TPSA) is 110 Å². The fourth-order valence-corrected chi connectivity index (χ4v) is 4.97. The number of anilines is 1. The number of nitrogens with one attached hydrogen (secondary N) is 1. The molecule has 2 rings (SSSR count). The van der Waals surface area contributed by atoms with Gasteiger partial charge >= 0.3 is 0 Å². The SMILES string of the molecule is CCCS(=O)(=O)c1ccccc1C(=O)Nc1ccc(S(=O)(=O)N(C)OC)cc1. The van der Waals surface area contributed by atoms with Crippen LogP contribution >= 0.6 is 0 Å². The third-order valence-electron chi connectivity index (χ3n) is 3.95. The lowest BCUT2D eigenvalue weighted by molar-refractivity contribution is -0.0258. The highest BCUT2D eigenvalue weighted by Crippen LogP contribution is 2.21. The van der Waals surface area contributed by atoms with Gasteiger partial charge in [-0.25, -0.2) is 16.8 Å². The molecule has 0 radical (unpaired) electrons. The van der Waals surface area contributed by atoms with Crippen molar-refractivity contribution in [2.24, 2.45) is 0 Å². The maximum atomic E-state index is 12.6. The molecule has 2 aromatic rings. The quantitative estimate of drug-likeness (QED) is 0.649. The largest absolute Gasteiger partial charge is 0.322 e. The second-order valence-corrected chi connectivity index (χ2v) is 9.90. The summed E-state index contributed by atoms with van der Waals surface area (Å²) < 4.78 is 49.9. The molecule has 0 aromatic heterocycles. The van der Waals surface area contributed by atoms with Crippen molar-refractivity contribution in [1.82, 2.24) is 4.47 Å². The Bertz CT molecular complexity index is 1050. The molecule has 1 amide bonds. The summed E-state index contributed by atoms with van der Waals surface area (Å²) in [5.74, 6) is -0.656. The number of carbonyl (C=O) groups is 1. The van der Waals surface area contributed by atoms with Crippen LogP contribution in [0.25, 0.3) is 0 Å². The first-order chi connectivity index (χ1) is 13.1. The van der Waals surface area contributed by atoms with Crippen molar-refractivity contribution >= 4 is 31.5 Å². The molecule has 0 saturated heterocycles. The van der Waals surface area contributed by atoms with Crippen LogP contribution in [0.5, 0.6) is 0 Å². The average molecular weight is 427 g/mol. The molecular weight excluding hydrogens is 404 g/mol. The standard InChI is InChI=1S/C18H22N2O6S2/c1-4-13-27(22,23)17-8-6-5-7-16(17)18(21)19-14-9-11-15(12-10-14)28(24,25)20(2)26-3/h5-12H,4,13H2,1-3H3,(H,19,21). The van der Waals surface area contributed by atoms with E-state index >= 15 is 0 Å². The third kappa shape index (κ3) is 4.76. The zero-order chi connectivity index (χ0) is 20.9. The molecule has 2 aromatic carbocycles. The minimum atomic E-state index is -3.80. The van der Waals surface area contributed by atoms with Gasteiger partial charge in [0.15, 0.2) is 9.84 Å². The molecule has 8 nitrogen and oxygen atoms in total. The van der Waals surface area contributed by atoms with Gasteiger partial charge in [-0.15, -0.1) is 0 Å². The van der Waals surface area contributed by atoms with E-state index in [9.17, 15) is 21.6 Å². The van der Waals surface area contributed by atoms with Crippen LogP contribution in [0.1, 0.15) is 23.7 Å². The maximum Gasteiger partial charge on any atom is 0.264 e. The Balaban J connectivity index is 2.28. The summed E-state index contributed by atoms with van der Waals surface area (Å²) in [4.78, 5) is 17.3. The van der Waals surface area contributed by atoms with Crippen molar-refractivity contribution in [2.75, 3.05) is 25.2 Å². The average Bonchev–Trinajstić information content (AvgIpc) is 2.67. The van der Waals surface area contributed by atoms with Gasteiger partial charge in [0.1, 0.15) is 0 Å². The molecule has 28 heavy (non-hydrogen) atoms. The minimum Gasteiger partial charge on any atom is -0.322 e. The van der Waals surface area contributed by atoms with Crippen LogP contribution in [0, 0.1) is 0 Å². The van der Waals surface area contributed by atoms with Gasteiger partial charge in [-0.3, -0.25) is 9.63 Å². The first-order valence-electron chi connectivity index (χ1n) is 8.39. The van der Waals surface area contributed by atoms with Crippen LogP contribution in [0.3, 0.4) is 0 Å². The highest BCUT2D eigenvalue weighted by Gasteiger charge is 2.23. The Labute approximate surface area is 165 Å². The van der Waals surface area contributed by atoms with Gasteiger partial charge in [0.2, 0.25) is 0 Å². The molecule has 0 aliphatic heterocycles. The van der Waals surface area contributed by atoms with E-state index in [2.05, 4.69) is 5.32 Å². The normalized spacial score (nSPS) is 12.1. The molecule has 1 N–H and O–H groups in total. The summed E-state index contributed by atoms with van der Waals surface area (Å²) in [6.07, 6.45) is 0.435. The number of carbonyl (C=O) groups excluding carboxylic acids is 1. The van der Waals surface area contributed by atoms with E-state index in [-0.39, 0.29) is 21.1 Å². The lowest BCUT2D eigenvalue weighted by Crippen LogP contribution is -2.25. The highest BCUT2D eigenvalue weighted by molar-refractivity contribution is 7.91. The van der Waals surface area contributed by atoms with Gasteiger partial charge in [0, 0.05) is 12.7 Å². The molecule has 0 atom stereocenters. The molecule has 0 fully saturated rings. The summed E-state index contributed by atoms with van der Waals surface area (Å²) in [5, 5.41) is 2.59. The molecule has 0 spiro atoms. The molecule has 152 valence electrons. The van der Waals surface area contributed by atoms with Crippen molar-refractivity contribution in [3.63, 3.8) is 0 Å². The number of rotatable bonds is 8. The second kappa shape index (κ2) is 8.82. The molecule has 0 aliphatic carbocycles. The number of hydrogen-bond donors (Lipinski definition) is 1. The minimum absolute atomic E-state index is 0.0132. The molecule has 0 heterocycles. The third-order valence-corrected chi connectivity index (χ3v) is 7.61.